The van der Waals surface area contributed by atoms with Gasteiger partial charge >= 0.3 is 6.09 Å². The van der Waals surface area contributed by atoms with Crippen LogP contribution in [0.15, 0.2) is 6.58 Å². The van der Waals surface area contributed by atoms with Crippen molar-refractivity contribution >= 4 is 40.0 Å². The number of allylic oxidation sites excluding steroid dienone is 1. The SMILES string of the molecule is C=C(C)c1nc(Cl)c(F)c2c1c(N1C[C@@H]3CC[C@@H]1CN3C(=O)OC(C)(C)C)nn2C1CC1. The second kappa shape index (κ2) is 7.33. The fourth-order valence-corrected chi connectivity index (χ4v) is 5.05. The van der Waals surface area contributed by atoms with Gasteiger partial charge in [0.1, 0.15) is 11.1 Å². The first-order valence-electron chi connectivity index (χ1n) is 11.2. The van der Waals surface area contributed by atoms with Crippen molar-refractivity contribution < 1.29 is 13.9 Å². The predicted octanol–water partition coefficient (Wildman–Crippen LogP) is 5.18. The highest BCUT2D eigenvalue weighted by Crippen LogP contribution is 2.44. The summed E-state index contributed by atoms with van der Waals surface area (Å²) in [4.78, 5) is 21.1. The largest absolute Gasteiger partial charge is 0.444 e. The standard InChI is InChI=1S/C23H29ClFN5O2/c1-12(2)18-16-19(17(25)20(24)26-18)30(13-6-7-13)27-21(16)28-10-15-9-8-14(28)11-29(15)22(31)32-23(3,4)5/h13-15H,1,6-11H2,2-5H3/t14-,15+/m1/s1. The number of ether oxygens (including phenoxy) is 1. The van der Waals surface area contributed by atoms with Crippen molar-refractivity contribution in [2.75, 3.05) is 18.0 Å². The zero-order valence-corrected chi connectivity index (χ0v) is 19.7. The predicted molar refractivity (Wildman–Crippen MR) is 123 cm³/mol. The maximum atomic E-state index is 15.2. The van der Waals surface area contributed by atoms with Crippen LogP contribution in [-0.2, 0) is 4.74 Å². The summed E-state index contributed by atoms with van der Waals surface area (Å²) in [5, 5.41) is 5.41. The van der Waals surface area contributed by atoms with E-state index in [2.05, 4.69) is 16.5 Å². The summed E-state index contributed by atoms with van der Waals surface area (Å²) in [6.45, 7) is 12.7. The van der Waals surface area contributed by atoms with Crippen molar-refractivity contribution in [3.05, 3.63) is 23.2 Å². The van der Waals surface area contributed by atoms with Crippen LogP contribution in [0.25, 0.3) is 16.5 Å². The Morgan fingerprint density at radius 2 is 1.81 bits per heavy atom. The molecule has 1 saturated carbocycles. The lowest BCUT2D eigenvalue weighted by Crippen LogP contribution is -2.64. The van der Waals surface area contributed by atoms with Gasteiger partial charge in [-0.3, -0.25) is 4.68 Å². The van der Waals surface area contributed by atoms with Crippen LogP contribution in [0.2, 0.25) is 5.15 Å². The number of aromatic nitrogens is 3. The molecule has 32 heavy (non-hydrogen) atoms. The van der Waals surface area contributed by atoms with Crippen molar-refractivity contribution in [1.29, 1.82) is 0 Å². The molecular weight excluding hydrogens is 433 g/mol. The molecule has 4 fully saturated rings. The molecular formula is C23H29ClFN5O2. The molecule has 0 N–H and O–H groups in total. The smallest absolute Gasteiger partial charge is 0.410 e. The number of fused-ring (bicyclic) bond motifs is 4. The number of carbonyl (C=O) groups is 1. The number of carbonyl (C=O) groups excluding carboxylic acids is 1. The van der Waals surface area contributed by atoms with Gasteiger partial charge in [-0.25, -0.2) is 14.2 Å². The Morgan fingerprint density at radius 1 is 1.16 bits per heavy atom. The number of anilines is 1. The molecule has 1 aliphatic carbocycles. The van der Waals surface area contributed by atoms with Crippen LogP contribution in [0, 0.1) is 5.82 Å². The molecule has 5 heterocycles. The highest BCUT2D eigenvalue weighted by molar-refractivity contribution is 6.30. The maximum Gasteiger partial charge on any atom is 0.410 e. The summed E-state index contributed by atoms with van der Waals surface area (Å²) in [6.07, 6.45) is 3.51. The van der Waals surface area contributed by atoms with E-state index in [1.807, 2.05) is 32.6 Å². The van der Waals surface area contributed by atoms with Gasteiger partial charge in [0, 0.05) is 19.1 Å². The van der Waals surface area contributed by atoms with Gasteiger partial charge in [0.2, 0.25) is 0 Å². The molecule has 172 valence electrons. The van der Waals surface area contributed by atoms with Crippen LogP contribution in [0.5, 0.6) is 0 Å². The van der Waals surface area contributed by atoms with Gasteiger partial charge in [-0.05, 0) is 59.0 Å². The Kier molecular flexibility index (Phi) is 4.93. The minimum absolute atomic E-state index is 0.0226. The van der Waals surface area contributed by atoms with E-state index in [-0.39, 0.29) is 29.4 Å². The molecule has 4 aliphatic rings. The van der Waals surface area contributed by atoms with Crippen LogP contribution in [0.4, 0.5) is 15.0 Å². The summed E-state index contributed by atoms with van der Waals surface area (Å²) in [6, 6.07) is 0.279. The zero-order valence-electron chi connectivity index (χ0n) is 19.0. The lowest BCUT2D eigenvalue weighted by molar-refractivity contribution is 0.000806. The number of rotatable bonds is 3. The van der Waals surface area contributed by atoms with E-state index in [0.717, 1.165) is 25.7 Å². The van der Waals surface area contributed by atoms with Gasteiger partial charge in [-0.2, -0.15) is 5.10 Å². The van der Waals surface area contributed by atoms with E-state index in [0.29, 0.717) is 41.1 Å². The number of piperidine rings is 2. The third kappa shape index (κ3) is 3.52. The van der Waals surface area contributed by atoms with Crippen LogP contribution in [0.1, 0.15) is 65.1 Å². The van der Waals surface area contributed by atoms with E-state index < -0.39 is 11.4 Å². The molecule has 9 heteroatoms. The van der Waals surface area contributed by atoms with Crippen LogP contribution in [-0.4, -0.2) is 56.5 Å². The highest BCUT2D eigenvalue weighted by atomic mass is 35.5. The fraction of sp³-hybridized carbons (Fsp3) is 0.609. The van der Waals surface area contributed by atoms with E-state index in [9.17, 15) is 4.79 Å². The van der Waals surface area contributed by atoms with Gasteiger partial charge in [0.05, 0.1) is 23.2 Å². The number of nitrogens with zero attached hydrogens (tertiary/aromatic N) is 5. The minimum atomic E-state index is -0.536. The Bertz CT molecular complexity index is 1120. The lowest BCUT2D eigenvalue weighted by Gasteiger charge is -2.51. The lowest BCUT2D eigenvalue weighted by atomic mass is 9.91. The Hall–Kier alpha value is -2.35. The van der Waals surface area contributed by atoms with Crippen molar-refractivity contribution in [2.24, 2.45) is 0 Å². The molecule has 1 amide bonds. The average molecular weight is 462 g/mol. The summed E-state index contributed by atoms with van der Waals surface area (Å²) in [5.74, 6) is 0.182. The number of pyridine rings is 1. The second-order valence-corrected chi connectivity index (χ2v) is 10.6. The van der Waals surface area contributed by atoms with Crippen molar-refractivity contribution in [2.45, 2.75) is 77.1 Å². The Labute approximate surface area is 192 Å². The molecule has 0 radical (unpaired) electrons. The van der Waals surface area contributed by atoms with Gasteiger partial charge < -0.3 is 14.5 Å². The van der Waals surface area contributed by atoms with Gasteiger partial charge in [-0.1, -0.05) is 18.2 Å². The fourth-order valence-electron chi connectivity index (χ4n) is 4.88. The summed E-state index contributed by atoms with van der Waals surface area (Å²) < 4.78 is 22.6. The van der Waals surface area contributed by atoms with Crippen LogP contribution in [0.3, 0.4) is 0 Å². The third-order valence-electron chi connectivity index (χ3n) is 6.45. The molecule has 6 rings (SSSR count). The molecule has 7 nitrogen and oxygen atoms in total. The first kappa shape index (κ1) is 21.5. The molecule has 2 aromatic rings. The van der Waals surface area contributed by atoms with E-state index in [1.165, 1.54) is 0 Å². The Balaban J connectivity index is 1.56. The van der Waals surface area contributed by atoms with E-state index >= 15 is 4.39 Å². The maximum absolute atomic E-state index is 15.2. The molecule has 3 aliphatic heterocycles. The Morgan fingerprint density at radius 3 is 2.38 bits per heavy atom. The van der Waals surface area contributed by atoms with Crippen molar-refractivity contribution in [3.63, 3.8) is 0 Å². The van der Waals surface area contributed by atoms with Gasteiger partial charge in [0.25, 0.3) is 0 Å². The number of hydrogen-bond donors (Lipinski definition) is 0. The van der Waals surface area contributed by atoms with Crippen LogP contribution >= 0.6 is 11.6 Å². The molecule has 2 bridgehead atoms. The van der Waals surface area contributed by atoms with Gasteiger partial charge in [-0.15, -0.1) is 0 Å². The first-order valence-corrected chi connectivity index (χ1v) is 11.6. The summed E-state index contributed by atoms with van der Waals surface area (Å²) in [7, 11) is 0. The molecule has 0 aromatic carbocycles. The summed E-state index contributed by atoms with van der Waals surface area (Å²) in [5.41, 5.74) is 1.17. The van der Waals surface area contributed by atoms with E-state index in [4.69, 9.17) is 21.4 Å². The number of hydrogen-bond acceptors (Lipinski definition) is 5. The normalized spacial score (nSPS) is 23.2. The van der Waals surface area contributed by atoms with Crippen molar-refractivity contribution in [3.8, 4) is 0 Å². The molecule has 0 spiro atoms. The first-order chi connectivity index (χ1) is 15.0. The molecule has 2 aromatic heterocycles. The van der Waals surface area contributed by atoms with E-state index in [1.54, 1.807) is 4.68 Å². The quantitative estimate of drug-likeness (QED) is 0.589. The monoisotopic (exact) mass is 461 g/mol. The number of amides is 1. The molecule has 0 unspecified atom stereocenters. The number of piperazine rings is 1. The topological polar surface area (TPSA) is 63.5 Å². The van der Waals surface area contributed by atoms with Crippen LogP contribution < -0.4 is 4.90 Å². The average Bonchev–Trinajstić information content (AvgIpc) is 3.49. The number of halogens is 2. The molecule has 2 atom stereocenters. The van der Waals surface area contributed by atoms with Gasteiger partial charge in [0.15, 0.2) is 16.8 Å². The van der Waals surface area contributed by atoms with Crippen molar-refractivity contribution in [1.82, 2.24) is 19.7 Å². The minimum Gasteiger partial charge on any atom is -0.444 e. The zero-order chi connectivity index (χ0) is 22.9. The summed E-state index contributed by atoms with van der Waals surface area (Å²) >= 11 is 6.16. The highest BCUT2D eigenvalue weighted by Gasteiger charge is 2.45. The third-order valence-corrected chi connectivity index (χ3v) is 6.70. The molecule has 3 saturated heterocycles. The second-order valence-electron chi connectivity index (χ2n) is 10.2.